The molecule has 1 aliphatic heterocycles. The Morgan fingerprint density at radius 1 is 1.26 bits per heavy atom. The third-order valence-corrected chi connectivity index (χ3v) is 4.45. The first-order valence-corrected chi connectivity index (χ1v) is 7.80. The fourth-order valence-electron chi connectivity index (χ4n) is 2.06. The molecule has 1 saturated heterocycles. The van der Waals surface area contributed by atoms with E-state index >= 15 is 0 Å². The van der Waals surface area contributed by atoms with Gasteiger partial charge in [0.1, 0.15) is 0 Å². The molecule has 7 heteroatoms. The quantitative estimate of drug-likeness (QED) is 0.682. The molecule has 1 amide bonds. The zero-order valence-corrected chi connectivity index (χ0v) is 13.3. The van der Waals surface area contributed by atoms with E-state index in [0.717, 1.165) is 5.56 Å². The van der Waals surface area contributed by atoms with Gasteiger partial charge >= 0.3 is 5.97 Å². The lowest BCUT2D eigenvalue weighted by atomic mass is 10.2. The molecule has 3 rings (SSSR count). The van der Waals surface area contributed by atoms with E-state index in [2.05, 4.69) is 4.98 Å². The number of carbonyl (C=O) groups excluding carboxylic acids is 1. The van der Waals surface area contributed by atoms with Gasteiger partial charge in [-0.3, -0.25) is 14.7 Å². The summed E-state index contributed by atoms with van der Waals surface area (Å²) in [6, 6.07) is 9.67. The molecule has 114 valence electrons. The van der Waals surface area contributed by atoms with Crippen molar-refractivity contribution in [2.75, 3.05) is 4.90 Å². The number of thiocarbonyl (C=S) groups is 1. The zero-order valence-electron chi connectivity index (χ0n) is 11.7. The van der Waals surface area contributed by atoms with Gasteiger partial charge in [0, 0.05) is 12.4 Å². The highest BCUT2D eigenvalue weighted by atomic mass is 32.2. The summed E-state index contributed by atoms with van der Waals surface area (Å²) >= 11 is 6.48. The highest BCUT2D eigenvalue weighted by Gasteiger charge is 2.33. The molecule has 0 spiro atoms. The van der Waals surface area contributed by atoms with Crippen LogP contribution in [-0.2, 0) is 4.79 Å². The molecule has 0 radical (unpaired) electrons. The summed E-state index contributed by atoms with van der Waals surface area (Å²) in [6.07, 6.45) is 5.05. The Morgan fingerprint density at radius 2 is 2.00 bits per heavy atom. The maximum absolute atomic E-state index is 12.6. The Bertz CT molecular complexity index is 817. The molecule has 2 heterocycles. The molecular formula is C16H10N2O3S2. The summed E-state index contributed by atoms with van der Waals surface area (Å²) in [5, 5.41) is 8.93. The van der Waals surface area contributed by atoms with Gasteiger partial charge in [0.15, 0.2) is 4.32 Å². The van der Waals surface area contributed by atoms with Crippen molar-refractivity contribution in [3.05, 3.63) is 64.8 Å². The third-order valence-electron chi connectivity index (χ3n) is 3.15. The van der Waals surface area contributed by atoms with Crippen molar-refractivity contribution in [3.63, 3.8) is 0 Å². The Labute approximate surface area is 141 Å². The monoisotopic (exact) mass is 342 g/mol. The van der Waals surface area contributed by atoms with E-state index in [1.807, 2.05) is 6.07 Å². The fraction of sp³-hybridized carbons (Fsp3) is 0. The van der Waals surface area contributed by atoms with Crippen molar-refractivity contribution >= 4 is 51.9 Å². The van der Waals surface area contributed by atoms with Gasteiger partial charge in [-0.1, -0.05) is 30.0 Å². The first kappa shape index (κ1) is 15.4. The van der Waals surface area contributed by atoms with E-state index in [-0.39, 0.29) is 11.5 Å². The largest absolute Gasteiger partial charge is 0.478 e. The van der Waals surface area contributed by atoms with Crippen LogP contribution in [0.4, 0.5) is 5.69 Å². The van der Waals surface area contributed by atoms with Crippen molar-refractivity contribution in [2.45, 2.75) is 0 Å². The number of carboxylic acids is 1. The normalized spacial score (nSPS) is 16.2. The smallest absolute Gasteiger partial charge is 0.335 e. The summed E-state index contributed by atoms with van der Waals surface area (Å²) in [6.45, 7) is 0. The zero-order chi connectivity index (χ0) is 16.4. The average Bonchev–Trinajstić information content (AvgIpc) is 2.82. The standard InChI is InChI=1S/C16H10N2O3S2/c19-14-13(8-10-2-1-7-17-9-10)23-16(22)18(14)12-5-3-11(4-6-12)15(20)21/h1-9H,(H,20,21)/b13-8-. The third kappa shape index (κ3) is 3.15. The second kappa shape index (κ2) is 6.31. The van der Waals surface area contributed by atoms with Crippen LogP contribution in [-0.4, -0.2) is 26.3 Å². The topological polar surface area (TPSA) is 70.5 Å². The molecule has 0 atom stereocenters. The molecule has 0 aliphatic carbocycles. The van der Waals surface area contributed by atoms with Crippen molar-refractivity contribution in [3.8, 4) is 0 Å². The molecule has 1 aliphatic rings. The van der Waals surface area contributed by atoms with Crippen LogP contribution in [0.5, 0.6) is 0 Å². The van der Waals surface area contributed by atoms with Gasteiger partial charge in [-0.2, -0.15) is 0 Å². The van der Waals surface area contributed by atoms with Gasteiger partial charge in [0.25, 0.3) is 5.91 Å². The van der Waals surface area contributed by atoms with Gasteiger partial charge in [-0.25, -0.2) is 4.79 Å². The number of carboxylic acid groups (broad SMARTS) is 1. The van der Waals surface area contributed by atoms with E-state index in [1.54, 1.807) is 36.7 Å². The minimum Gasteiger partial charge on any atom is -0.478 e. The number of nitrogens with zero attached hydrogens (tertiary/aromatic N) is 2. The minimum atomic E-state index is -1.02. The van der Waals surface area contributed by atoms with Crippen LogP contribution in [0.1, 0.15) is 15.9 Å². The second-order valence-electron chi connectivity index (χ2n) is 4.66. The summed E-state index contributed by atoms with van der Waals surface area (Å²) < 4.78 is 0.410. The number of hydrogen-bond acceptors (Lipinski definition) is 5. The molecule has 0 saturated carbocycles. The Kier molecular flexibility index (Phi) is 4.22. The number of thioether (sulfide) groups is 1. The van der Waals surface area contributed by atoms with Crippen LogP contribution in [0.2, 0.25) is 0 Å². The van der Waals surface area contributed by atoms with Crippen molar-refractivity contribution in [2.24, 2.45) is 0 Å². The summed E-state index contributed by atoms with van der Waals surface area (Å²) in [7, 11) is 0. The van der Waals surface area contributed by atoms with Gasteiger partial charge < -0.3 is 5.11 Å². The number of pyridine rings is 1. The summed E-state index contributed by atoms with van der Waals surface area (Å²) in [5.74, 6) is -1.25. The minimum absolute atomic E-state index is 0.157. The predicted molar refractivity (Wildman–Crippen MR) is 93.3 cm³/mol. The molecule has 0 unspecified atom stereocenters. The van der Waals surface area contributed by atoms with Gasteiger partial charge in [-0.05, 0) is 42.0 Å². The first-order valence-electron chi connectivity index (χ1n) is 6.57. The predicted octanol–water partition coefficient (Wildman–Crippen LogP) is 3.19. The number of hydrogen-bond donors (Lipinski definition) is 1. The van der Waals surface area contributed by atoms with Crippen molar-refractivity contribution in [1.29, 1.82) is 0 Å². The Morgan fingerprint density at radius 3 is 2.61 bits per heavy atom. The molecule has 1 aromatic heterocycles. The molecule has 23 heavy (non-hydrogen) atoms. The van der Waals surface area contributed by atoms with Crippen LogP contribution in [0.3, 0.4) is 0 Å². The number of anilines is 1. The molecule has 1 fully saturated rings. The van der Waals surface area contributed by atoms with Gasteiger partial charge in [0.05, 0.1) is 16.2 Å². The van der Waals surface area contributed by atoms with E-state index < -0.39 is 5.97 Å². The van der Waals surface area contributed by atoms with E-state index in [0.29, 0.717) is 14.9 Å². The number of benzene rings is 1. The molecule has 5 nitrogen and oxygen atoms in total. The number of amides is 1. The highest BCUT2D eigenvalue weighted by molar-refractivity contribution is 8.27. The number of rotatable bonds is 3. The van der Waals surface area contributed by atoms with Gasteiger partial charge in [0.2, 0.25) is 0 Å². The Hall–Kier alpha value is -2.51. The highest BCUT2D eigenvalue weighted by Crippen LogP contribution is 2.35. The molecular weight excluding hydrogens is 332 g/mol. The first-order chi connectivity index (χ1) is 11.1. The molecule has 1 N–H and O–H groups in total. The molecule has 0 bridgehead atoms. The van der Waals surface area contributed by atoms with E-state index in [9.17, 15) is 9.59 Å². The molecule has 1 aromatic carbocycles. The summed E-state index contributed by atoms with van der Waals surface area (Å²) in [5.41, 5.74) is 1.52. The maximum atomic E-state index is 12.6. The van der Waals surface area contributed by atoms with Crippen LogP contribution in [0, 0.1) is 0 Å². The second-order valence-corrected chi connectivity index (χ2v) is 6.33. The lowest BCUT2D eigenvalue weighted by Gasteiger charge is -2.14. The van der Waals surface area contributed by atoms with Crippen molar-refractivity contribution < 1.29 is 14.7 Å². The van der Waals surface area contributed by atoms with Gasteiger partial charge in [-0.15, -0.1) is 0 Å². The summed E-state index contributed by atoms with van der Waals surface area (Å²) in [4.78, 5) is 29.4. The molecule has 2 aromatic rings. The SMILES string of the molecule is O=C(O)c1ccc(N2C(=O)/C(=C/c3cccnc3)SC2=S)cc1. The lowest BCUT2D eigenvalue weighted by molar-refractivity contribution is -0.113. The van der Waals surface area contributed by atoms with Crippen LogP contribution < -0.4 is 4.90 Å². The van der Waals surface area contributed by atoms with Crippen LogP contribution in [0.15, 0.2) is 53.7 Å². The fourth-order valence-corrected chi connectivity index (χ4v) is 3.36. The van der Waals surface area contributed by atoms with Crippen LogP contribution in [0.25, 0.3) is 6.08 Å². The number of aromatic carboxylic acids is 1. The van der Waals surface area contributed by atoms with E-state index in [4.69, 9.17) is 17.3 Å². The van der Waals surface area contributed by atoms with E-state index in [1.165, 1.54) is 28.8 Å². The number of carbonyl (C=O) groups is 2. The maximum Gasteiger partial charge on any atom is 0.335 e. The average molecular weight is 342 g/mol. The Balaban J connectivity index is 1.90. The van der Waals surface area contributed by atoms with Crippen LogP contribution >= 0.6 is 24.0 Å². The number of aromatic nitrogens is 1. The van der Waals surface area contributed by atoms with Crippen molar-refractivity contribution in [1.82, 2.24) is 4.98 Å². The lowest BCUT2D eigenvalue weighted by Crippen LogP contribution is -2.27.